The van der Waals surface area contributed by atoms with Crippen molar-refractivity contribution in [2.24, 2.45) is 0 Å². The minimum atomic E-state index is -0.926. The maximum absolute atomic E-state index is 12.3. The van der Waals surface area contributed by atoms with E-state index in [0.717, 1.165) is 17.5 Å². The van der Waals surface area contributed by atoms with Crippen LogP contribution in [-0.2, 0) is 17.6 Å². The first-order valence-electron chi connectivity index (χ1n) is 9.53. The van der Waals surface area contributed by atoms with Crippen molar-refractivity contribution in [3.05, 3.63) is 59.2 Å². The summed E-state index contributed by atoms with van der Waals surface area (Å²) in [5, 5.41) is 13.7. The highest BCUT2D eigenvalue weighted by molar-refractivity contribution is 5.92. The molecule has 0 heterocycles. The lowest BCUT2D eigenvalue weighted by Gasteiger charge is -2.33. The molecule has 0 spiro atoms. The van der Waals surface area contributed by atoms with Crippen LogP contribution in [0.4, 0.5) is 0 Å². The molecular formula is C23H27NO5. The summed E-state index contributed by atoms with van der Waals surface area (Å²) in [5.74, 6) is 1.26. The maximum Gasteiger partial charge on any atom is 0.244 e. The molecule has 154 valence electrons. The summed E-state index contributed by atoms with van der Waals surface area (Å²) in [6, 6.07) is 11.6. The highest BCUT2D eigenvalue weighted by atomic mass is 16.5. The van der Waals surface area contributed by atoms with Gasteiger partial charge in [0.2, 0.25) is 11.7 Å². The van der Waals surface area contributed by atoms with Crippen molar-refractivity contribution in [3.63, 3.8) is 0 Å². The van der Waals surface area contributed by atoms with Crippen LogP contribution >= 0.6 is 0 Å². The number of hydrogen-bond acceptors (Lipinski definition) is 5. The second-order valence-corrected chi connectivity index (χ2v) is 7.18. The Morgan fingerprint density at radius 1 is 1.10 bits per heavy atom. The number of aryl methyl sites for hydroxylation is 1. The Morgan fingerprint density at radius 2 is 1.76 bits per heavy atom. The monoisotopic (exact) mass is 397 g/mol. The first-order valence-corrected chi connectivity index (χ1v) is 9.53. The van der Waals surface area contributed by atoms with Crippen molar-refractivity contribution in [3.8, 4) is 17.2 Å². The number of methoxy groups -OCH3 is 3. The fraction of sp³-hybridized carbons (Fsp3) is 0.348. The normalized spacial score (nSPS) is 18.2. The van der Waals surface area contributed by atoms with E-state index in [2.05, 4.69) is 11.4 Å². The molecule has 1 atom stereocenters. The zero-order chi connectivity index (χ0) is 20.9. The van der Waals surface area contributed by atoms with Gasteiger partial charge < -0.3 is 24.6 Å². The number of hydrogen-bond donors (Lipinski definition) is 2. The lowest BCUT2D eigenvalue weighted by atomic mass is 9.80. The fourth-order valence-corrected chi connectivity index (χ4v) is 3.62. The molecule has 2 aromatic carbocycles. The van der Waals surface area contributed by atoms with Crippen molar-refractivity contribution < 1.29 is 24.1 Å². The molecule has 0 bridgehead atoms. The Kier molecular flexibility index (Phi) is 6.44. The summed E-state index contributed by atoms with van der Waals surface area (Å²) in [4.78, 5) is 12.3. The third kappa shape index (κ3) is 4.90. The minimum absolute atomic E-state index is 0.208. The van der Waals surface area contributed by atoms with Gasteiger partial charge in [0.1, 0.15) is 0 Å². The van der Waals surface area contributed by atoms with Crippen LogP contribution in [0.1, 0.15) is 23.1 Å². The van der Waals surface area contributed by atoms with E-state index in [9.17, 15) is 9.90 Å². The van der Waals surface area contributed by atoms with E-state index in [-0.39, 0.29) is 12.5 Å². The smallest absolute Gasteiger partial charge is 0.244 e. The van der Waals surface area contributed by atoms with Gasteiger partial charge in [-0.05, 0) is 47.7 Å². The molecule has 1 aliphatic carbocycles. The van der Waals surface area contributed by atoms with Gasteiger partial charge in [-0.25, -0.2) is 0 Å². The molecule has 6 nitrogen and oxygen atoms in total. The van der Waals surface area contributed by atoms with Crippen molar-refractivity contribution in [2.75, 3.05) is 27.9 Å². The van der Waals surface area contributed by atoms with Gasteiger partial charge in [-0.15, -0.1) is 0 Å². The average Bonchev–Trinajstić information content (AvgIpc) is 2.75. The van der Waals surface area contributed by atoms with Crippen LogP contribution in [0.15, 0.2) is 42.5 Å². The van der Waals surface area contributed by atoms with E-state index >= 15 is 0 Å². The molecule has 0 fully saturated rings. The molecule has 0 radical (unpaired) electrons. The largest absolute Gasteiger partial charge is 0.493 e. The van der Waals surface area contributed by atoms with Gasteiger partial charge in [0.05, 0.1) is 26.9 Å². The van der Waals surface area contributed by atoms with Crippen LogP contribution in [0.3, 0.4) is 0 Å². The Bertz CT molecular complexity index is 883. The van der Waals surface area contributed by atoms with Crippen LogP contribution in [0.2, 0.25) is 0 Å². The zero-order valence-electron chi connectivity index (χ0n) is 17.0. The fourth-order valence-electron chi connectivity index (χ4n) is 3.62. The van der Waals surface area contributed by atoms with Gasteiger partial charge in [-0.1, -0.05) is 24.3 Å². The van der Waals surface area contributed by atoms with Crippen molar-refractivity contribution in [1.29, 1.82) is 0 Å². The zero-order valence-corrected chi connectivity index (χ0v) is 17.0. The molecule has 0 saturated heterocycles. The van der Waals surface area contributed by atoms with Gasteiger partial charge in [0.15, 0.2) is 11.5 Å². The standard InChI is InChI=1S/C23H27NO5/c1-27-19-12-16(13-20(28-2)22(19)29-3)8-9-21(25)24-15-23(26)11-10-17-6-4-5-7-18(17)14-23/h4-9,12-13,26H,10-11,14-15H2,1-3H3,(H,24,25)/b9-8+/t23-/m0/s1. The predicted octanol–water partition coefficient (Wildman–Crippen LogP) is 2.76. The Balaban J connectivity index is 1.63. The number of fused-ring (bicyclic) bond motifs is 1. The third-order valence-corrected chi connectivity index (χ3v) is 5.20. The first-order chi connectivity index (χ1) is 14.0. The van der Waals surface area contributed by atoms with Crippen LogP contribution in [-0.4, -0.2) is 44.5 Å². The molecule has 1 aliphatic rings. The van der Waals surface area contributed by atoms with Crippen LogP contribution in [0.25, 0.3) is 6.08 Å². The molecular weight excluding hydrogens is 370 g/mol. The second kappa shape index (κ2) is 9.01. The van der Waals surface area contributed by atoms with Gasteiger partial charge in [0, 0.05) is 19.0 Å². The molecule has 0 unspecified atom stereocenters. The van der Waals surface area contributed by atoms with Gasteiger partial charge in [-0.2, -0.15) is 0 Å². The highest BCUT2D eigenvalue weighted by Crippen LogP contribution is 2.38. The van der Waals surface area contributed by atoms with Gasteiger partial charge in [-0.3, -0.25) is 4.79 Å². The summed E-state index contributed by atoms with van der Waals surface area (Å²) < 4.78 is 15.9. The summed E-state index contributed by atoms with van der Waals surface area (Å²) in [6.45, 7) is 0.208. The number of aliphatic hydroxyl groups is 1. The number of carbonyl (C=O) groups excluding carboxylic acids is 1. The van der Waals surface area contributed by atoms with Crippen LogP contribution in [0, 0.1) is 0 Å². The van der Waals surface area contributed by atoms with Crippen molar-refractivity contribution in [1.82, 2.24) is 5.32 Å². The molecule has 3 rings (SSSR count). The Hall–Kier alpha value is -2.99. The van der Waals surface area contributed by atoms with Crippen LogP contribution < -0.4 is 19.5 Å². The number of carbonyl (C=O) groups is 1. The first kappa shape index (κ1) is 20.7. The SMILES string of the molecule is COc1cc(/C=C/C(=O)NC[C@]2(O)CCc3ccccc3C2)cc(OC)c1OC. The van der Waals surface area contributed by atoms with E-state index < -0.39 is 5.60 Å². The Labute approximate surface area is 171 Å². The maximum atomic E-state index is 12.3. The quantitative estimate of drug-likeness (QED) is 0.703. The number of rotatable bonds is 7. The highest BCUT2D eigenvalue weighted by Gasteiger charge is 2.32. The molecule has 2 aromatic rings. The number of amides is 1. The summed E-state index contributed by atoms with van der Waals surface area (Å²) >= 11 is 0. The molecule has 29 heavy (non-hydrogen) atoms. The lowest BCUT2D eigenvalue weighted by Crippen LogP contribution is -2.46. The van der Waals surface area contributed by atoms with Crippen molar-refractivity contribution >= 4 is 12.0 Å². The summed E-state index contributed by atoms with van der Waals surface area (Å²) in [6.07, 6.45) is 5.08. The second-order valence-electron chi connectivity index (χ2n) is 7.18. The number of ether oxygens (including phenoxy) is 3. The van der Waals surface area contributed by atoms with E-state index in [4.69, 9.17) is 14.2 Å². The van der Waals surface area contributed by atoms with E-state index in [1.807, 2.05) is 18.2 Å². The molecule has 0 saturated carbocycles. The third-order valence-electron chi connectivity index (χ3n) is 5.20. The number of benzene rings is 2. The molecule has 1 amide bonds. The number of nitrogens with one attached hydrogen (secondary N) is 1. The minimum Gasteiger partial charge on any atom is -0.493 e. The van der Waals surface area contributed by atoms with E-state index in [1.54, 1.807) is 32.4 Å². The lowest BCUT2D eigenvalue weighted by molar-refractivity contribution is -0.117. The topological polar surface area (TPSA) is 77.0 Å². The predicted molar refractivity (Wildman–Crippen MR) is 112 cm³/mol. The summed E-state index contributed by atoms with van der Waals surface area (Å²) in [7, 11) is 4.62. The van der Waals surface area contributed by atoms with E-state index in [1.165, 1.54) is 18.7 Å². The van der Waals surface area contributed by atoms with Gasteiger partial charge in [0.25, 0.3) is 0 Å². The van der Waals surface area contributed by atoms with Gasteiger partial charge >= 0.3 is 0 Å². The molecule has 0 aliphatic heterocycles. The average molecular weight is 397 g/mol. The molecule has 2 N–H and O–H groups in total. The molecule has 0 aromatic heterocycles. The molecule has 6 heteroatoms. The Morgan fingerprint density at radius 3 is 2.38 bits per heavy atom. The van der Waals surface area contributed by atoms with Crippen LogP contribution in [0.5, 0.6) is 17.2 Å². The van der Waals surface area contributed by atoms with E-state index in [0.29, 0.717) is 30.1 Å². The van der Waals surface area contributed by atoms with Crippen molar-refractivity contribution in [2.45, 2.75) is 24.9 Å². The summed E-state index contributed by atoms with van der Waals surface area (Å²) in [5.41, 5.74) is 2.22.